The van der Waals surface area contributed by atoms with E-state index in [-0.39, 0.29) is 11.9 Å². The van der Waals surface area contributed by atoms with E-state index in [0.717, 1.165) is 37.2 Å². The lowest BCUT2D eigenvalue weighted by molar-refractivity contribution is -0.180. The highest BCUT2D eigenvalue weighted by Gasteiger charge is 2.23. The van der Waals surface area contributed by atoms with Gasteiger partial charge in [0.15, 0.2) is 12.6 Å². The van der Waals surface area contributed by atoms with E-state index in [2.05, 4.69) is 0 Å². The smallest absolute Gasteiger partial charge is 0.308 e. The van der Waals surface area contributed by atoms with Crippen molar-refractivity contribution >= 4 is 35.5 Å². The van der Waals surface area contributed by atoms with Gasteiger partial charge in [-0.25, -0.2) is 0 Å². The van der Waals surface area contributed by atoms with Crippen LogP contribution in [0.15, 0.2) is 0 Å². The summed E-state index contributed by atoms with van der Waals surface area (Å²) < 4.78 is 21.9. The van der Waals surface area contributed by atoms with E-state index in [9.17, 15) is 9.59 Å². The van der Waals surface area contributed by atoms with Crippen LogP contribution in [0, 0.1) is 11.8 Å². The molecule has 164 valence electrons. The molecular weight excluding hydrogens is 400 g/mol. The van der Waals surface area contributed by atoms with Crippen LogP contribution in [0.2, 0.25) is 0 Å². The number of ether oxygens (including phenoxy) is 4. The van der Waals surface area contributed by atoms with Crippen molar-refractivity contribution in [2.24, 2.45) is 11.8 Å². The van der Waals surface area contributed by atoms with Crippen LogP contribution < -0.4 is 0 Å². The third kappa shape index (κ3) is 12.2. The maximum atomic E-state index is 11.6. The molecule has 8 heteroatoms. The van der Waals surface area contributed by atoms with Crippen LogP contribution >= 0.6 is 23.5 Å². The van der Waals surface area contributed by atoms with Crippen LogP contribution in [0.1, 0.15) is 52.4 Å². The van der Waals surface area contributed by atoms with Crippen molar-refractivity contribution in [3.8, 4) is 0 Å². The highest BCUT2D eigenvalue weighted by molar-refractivity contribution is 7.98. The third-order valence-electron chi connectivity index (χ3n) is 4.72. The number of hydrogen-bond acceptors (Lipinski definition) is 8. The molecule has 0 N–H and O–H groups in total. The monoisotopic (exact) mass is 436 g/mol. The van der Waals surface area contributed by atoms with Crippen molar-refractivity contribution in [3.05, 3.63) is 0 Å². The van der Waals surface area contributed by atoms with Gasteiger partial charge in [0.1, 0.15) is 0 Å². The maximum absolute atomic E-state index is 11.6. The minimum atomic E-state index is -0.489. The lowest BCUT2D eigenvalue weighted by Gasteiger charge is -2.29. The van der Waals surface area contributed by atoms with Gasteiger partial charge in [-0.1, -0.05) is 0 Å². The highest BCUT2D eigenvalue weighted by atomic mass is 32.2. The normalized spacial score (nSPS) is 21.7. The summed E-state index contributed by atoms with van der Waals surface area (Å²) >= 11 is 3.25. The van der Waals surface area contributed by atoms with Crippen LogP contribution in [0.25, 0.3) is 0 Å². The first kappa shape index (κ1) is 25.6. The van der Waals surface area contributed by atoms with Crippen molar-refractivity contribution < 1.29 is 28.5 Å². The summed E-state index contributed by atoms with van der Waals surface area (Å²) in [5.41, 5.74) is 0. The van der Waals surface area contributed by atoms with E-state index in [1.165, 1.54) is 0 Å². The quantitative estimate of drug-likeness (QED) is 0.298. The second-order valence-electron chi connectivity index (χ2n) is 7.15. The molecule has 6 nitrogen and oxygen atoms in total. The number of carbonyl (C=O) groups is 2. The second kappa shape index (κ2) is 15.4. The maximum Gasteiger partial charge on any atom is 0.308 e. The predicted molar refractivity (Wildman–Crippen MR) is 114 cm³/mol. The molecule has 0 heterocycles. The Morgan fingerprint density at radius 1 is 0.786 bits per heavy atom. The molecule has 1 aliphatic rings. The molecule has 0 aromatic carbocycles. The Labute approximate surface area is 178 Å². The molecule has 0 aromatic rings. The van der Waals surface area contributed by atoms with Crippen molar-refractivity contribution in [1.29, 1.82) is 0 Å². The molecule has 2 atom stereocenters. The molecule has 2 unspecified atom stereocenters. The first-order valence-corrected chi connectivity index (χ1v) is 12.8. The van der Waals surface area contributed by atoms with E-state index in [4.69, 9.17) is 18.9 Å². The largest absolute Gasteiger partial charge is 0.436 e. The number of rotatable bonds is 14. The van der Waals surface area contributed by atoms with Crippen LogP contribution in [0.3, 0.4) is 0 Å². The zero-order valence-electron chi connectivity index (χ0n) is 17.6. The zero-order valence-corrected chi connectivity index (χ0v) is 19.3. The van der Waals surface area contributed by atoms with Gasteiger partial charge in [0.05, 0.1) is 26.1 Å². The van der Waals surface area contributed by atoms with Gasteiger partial charge in [-0.15, -0.1) is 0 Å². The molecule has 0 radical (unpaired) electrons. The SMILES string of the molecule is CSCCC(=O)OC(C)OCC1CCC(COC(C)OC(=O)CCSC)CC1. The number of esters is 2. The van der Waals surface area contributed by atoms with Gasteiger partial charge >= 0.3 is 11.9 Å². The summed E-state index contributed by atoms with van der Waals surface area (Å²) in [6.07, 6.45) is 8.09. The van der Waals surface area contributed by atoms with Crippen molar-refractivity contribution in [2.45, 2.75) is 65.0 Å². The van der Waals surface area contributed by atoms with Gasteiger partial charge in [-0.2, -0.15) is 23.5 Å². The molecule has 1 rings (SSSR count). The Morgan fingerprint density at radius 2 is 1.14 bits per heavy atom. The topological polar surface area (TPSA) is 71.1 Å². The molecule has 0 saturated heterocycles. The van der Waals surface area contributed by atoms with Gasteiger partial charge in [0.25, 0.3) is 0 Å². The molecule has 0 aromatic heterocycles. The van der Waals surface area contributed by atoms with Gasteiger partial charge in [0.2, 0.25) is 0 Å². The van der Waals surface area contributed by atoms with Crippen LogP contribution in [0.5, 0.6) is 0 Å². The van der Waals surface area contributed by atoms with Crippen LogP contribution in [-0.4, -0.2) is 61.7 Å². The van der Waals surface area contributed by atoms with Crippen LogP contribution in [0.4, 0.5) is 0 Å². The minimum absolute atomic E-state index is 0.203. The molecule has 1 fully saturated rings. The average Bonchev–Trinajstić information content (AvgIpc) is 2.68. The van der Waals surface area contributed by atoms with Gasteiger partial charge in [0, 0.05) is 11.5 Å². The fourth-order valence-corrected chi connectivity index (χ4v) is 3.78. The molecule has 0 amide bonds. The van der Waals surface area contributed by atoms with Gasteiger partial charge < -0.3 is 18.9 Å². The standard InChI is InChI=1S/C20H36O6S2/c1-15(25-19(21)9-11-27-3)23-13-17-5-7-18(8-6-17)14-24-16(2)26-20(22)10-12-28-4/h15-18H,5-14H2,1-4H3. The lowest BCUT2D eigenvalue weighted by Crippen LogP contribution is -2.27. The van der Waals surface area contributed by atoms with E-state index < -0.39 is 12.6 Å². The Hall–Kier alpha value is -0.440. The van der Waals surface area contributed by atoms with E-state index in [1.807, 2.05) is 12.5 Å². The lowest BCUT2D eigenvalue weighted by atomic mass is 9.83. The summed E-state index contributed by atoms with van der Waals surface area (Å²) in [5.74, 6) is 2.12. The number of hydrogen-bond donors (Lipinski definition) is 0. The van der Waals surface area contributed by atoms with Crippen molar-refractivity contribution in [1.82, 2.24) is 0 Å². The second-order valence-corrected chi connectivity index (χ2v) is 9.13. The van der Waals surface area contributed by atoms with Crippen molar-refractivity contribution in [2.75, 3.05) is 37.2 Å². The summed E-state index contributed by atoms with van der Waals surface area (Å²) in [6.45, 7) is 4.79. The van der Waals surface area contributed by atoms with E-state index in [1.54, 1.807) is 37.4 Å². The summed E-state index contributed by atoms with van der Waals surface area (Å²) in [7, 11) is 0. The molecular formula is C20H36O6S2. The van der Waals surface area contributed by atoms with Gasteiger partial charge in [-0.05, 0) is 63.9 Å². The average molecular weight is 437 g/mol. The number of thioether (sulfide) groups is 2. The molecule has 0 bridgehead atoms. The van der Waals surface area contributed by atoms with E-state index >= 15 is 0 Å². The van der Waals surface area contributed by atoms with Crippen LogP contribution in [-0.2, 0) is 28.5 Å². The summed E-state index contributed by atoms with van der Waals surface area (Å²) in [4.78, 5) is 23.2. The van der Waals surface area contributed by atoms with Gasteiger partial charge in [-0.3, -0.25) is 9.59 Å². The first-order valence-electron chi connectivity index (χ1n) is 10.0. The highest BCUT2D eigenvalue weighted by Crippen LogP contribution is 2.29. The molecule has 28 heavy (non-hydrogen) atoms. The minimum Gasteiger partial charge on any atom is -0.436 e. The predicted octanol–water partition coefficient (Wildman–Crippen LogP) is 4.11. The Kier molecular flexibility index (Phi) is 14.1. The fourth-order valence-electron chi connectivity index (χ4n) is 3.03. The Morgan fingerprint density at radius 3 is 1.46 bits per heavy atom. The Bertz CT molecular complexity index is 400. The first-order chi connectivity index (χ1) is 13.4. The Balaban J connectivity index is 2.11. The molecule has 0 aliphatic heterocycles. The summed E-state index contributed by atoms with van der Waals surface area (Å²) in [6, 6.07) is 0. The number of carbonyl (C=O) groups excluding carboxylic acids is 2. The fraction of sp³-hybridized carbons (Fsp3) is 0.900. The van der Waals surface area contributed by atoms with E-state index in [0.29, 0.717) is 37.9 Å². The zero-order chi connectivity index (χ0) is 20.8. The molecule has 1 saturated carbocycles. The third-order valence-corrected chi connectivity index (χ3v) is 5.94. The molecule has 1 aliphatic carbocycles. The summed E-state index contributed by atoms with van der Waals surface area (Å²) in [5, 5.41) is 0. The van der Waals surface area contributed by atoms with Crippen molar-refractivity contribution in [3.63, 3.8) is 0 Å². The molecule has 0 spiro atoms.